The van der Waals surface area contributed by atoms with E-state index in [1.165, 1.54) is 0 Å². The lowest BCUT2D eigenvalue weighted by Gasteiger charge is -2.18. The second kappa shape index (κ2) is 7.81. The largest absolute Gasteiger partial charge is 0.492 e. The first-order valence-electron chi connectivity index (χ1n) is 10.8. The molecular formula is C24H26N4O3. The molecule has 0 radical (unpaired) electrons. The van der Waals surface area contributed by atoms with E-state index in [2.05, 4.69) is 10.3 Å². The van der Waals surface area contributed by atoms with Gasteiger partial charge in [-0.2, -0.15) is 0 Å². The lowest BCUT2D eigenvalue weighted by Crippen LogP contribution is -2.28. The van der Waals surface area contributed by atoms with Crippen LogP contribution in [0.1, 0.15) is 53.1 Å². The molecule has 0 bridgehead atoms. The Morgan fingerprint density at radius 1 is 1.26 bits per heavy atom. The second-order valence-corrected chi connectivity index (χ2v) is 8.53. The Kier molecular flexibility index (Phi) is 4.98. The van der Waals surface area contributed by atoms with Crippen LogP contribution in [0.2, 0.25) is 0 Å². The van der Waals surface area contributed by atoms with Gasteiger partial charge in [-0.1, -0.05) is 6.07 Å². The minimum absolute atomic E-state index is 0.180. The number of aromatic nitrogens is 2. The van der Waals surface area contributed by atoms with Crippen molar-refractivity contribution < 1.29 is 9.53 Å². The molecule has 3 aromatic rings. The van der Waals surface area contributed by atoms with Gasteiger partial charge in [-0.25, -0.2) is 4.98 Å². The normalized spacial score (nSPS) is 18.4. The Morgan fingerprint density at radius 2 is 2.10 bits per heavy atom. The number of aryl methyl sites for hydroxylation is 1. The number of fused-ring (bicyclic) bond motifs is 1. The summed E-state index contributed by atoms with van der Waals surface area (Å²) in [7, 11) is 0. The minimum atomic E-state index is -0.471. The topological polar surface area (TPSA) is 99.2 Å². The van der Waals surface area contributed by atoms with E-state index in [0.717, 1.165) is 49.0 Å². The van der Waals surface area contributed by atoms with Crippen molar-refractivity contribution >= 4 is 16.8 Å². The van der Waals surface area contributed by atoms with Gasteiger partial charge in [0.15, 0.2) is 0 Å². The zero-order chi connectivity index (χ0) is 21.5. The fourth-order valence-electron chi connectivity index (χ4n) is 4.48. The minimum Gasteiger partial charge on any atom is -0.492 e. The van der Waals surface area contributed by atoms with Gasteiger partial charge in [-0.3, -0.25) is 14.2 Å². The molecule has 31 heavy (non-hydrogen) atoms. The monoisotopic (exact) mass is 418 g/mol. The lowest BCUT2D eigenvalue weighted by molar-refractivity contribution is 0.0999. The van der Waals surface area contributed by atoms with Gasteiger partial charge in [0, 0.05) is 11.6 Å². The predicted octanol–water partition coefficient (Wildman–Crippen LogP) is 2.80. The maximum atomic E-state index is 13.5. The molecule has 3 N–H and O–H groups in total. The molecule has 2 aliphatic rings. The van der Waals surface area contributed by atoms with E-state index in [1.54, 1.807) is 23.0 Å². The summed E-state index contributed by atoms with van der Waals surface area (Å²) in [5.74, 6) is 0.428. The maximum Gasteiger partial charge on any atom is 0.265 e. The Balaban J connectivity index is 1.59. The van der Waals surface area contributed by atoms with Crippen molar-refractivity contribution in [3.05, 3.63) is 63.7 Å². The van der Waals surface area contributed by atoms with Crippen LogP contribution < -0.4 is 21.3 Å². The van der Waals surface area contributed by atoms with Crippen LogP contribution in [0.25, 0.3) is 16.6 Å². The van der Waals surface area contributed by atoms with Gasteiger partial charge in [-0.15, -0.1) is 0 Å². The van der Waals surface area contributed by atoms with Gasteiger partial charge in [0.25, 0.3) is 5.56 Å². The number of ether oxygens (including phenoxy) is 1. The van der Waals surface area contributed by atoms with Crippen LogP contribution in [-0.2, 0) is 0 Å². The molecule has 7 heteroatoms. The highest BCUT2D eigenvalue weighted by atomic mass is 16.5. The Bertz CT molecular complexity index is 1220. The standard InChI is InChI=1S/C24H26N4O3/c1-14-4-8-18(23(25)29)21(15-5-6-15)22(14)28-13-27-20-9-7-17(11-19(20)24(28)30)31-12-16-3-2-10-26-16/h4,7-9,11,13,15-16,26H,2-3,5-6,10,12H2,1H3,(H2,25,29)/t16-/m0/s1. The SMILES string of the molecule is Cc1ccc(C(N)=O)c(C2CC2)c1-n1cnc2ccc(OC[C@@H]3CCCN3)cc2c1=O. The Labute approximate surface area is 180 Å². The molecule has 1 saturated heterocycles. The summed E-state index contributed by atoms with van der Waals surface area (Å²) in [6, 6.07) is 9.38. The van der Waals surface area contributed by atoms with Crippen LogP contribution in [0.4, 0.5) is 0 Å². The number of amides is 1. The number of nitrogens with zero attached hydrogens (tertiary/aromatic N) is 2. The summed E-state index contributed by atoms with van der Waals surface area (Å²) in [5.41, 5.74) is 9.06. The third kappa shape index (κ3) is 3.70. The van der Waals surface area contributed by atoms with Gasteiger partial charge in [0.2, 0.25) is 5.91 Å². The summed E-state index contributed by atoms with van der Waals surface area (Å²) in [6.07, 6.45) is 5.78. The van der Waals surface area contributed by atoms with Crippen LogP contribution in [-0.4, -0.2) is 34.7 Å². The van der Waals surface area contributed by atoms with E-state index < -0.39 is 5.91 Å². The van der Waals surface area contributed by atoms with Crippen molar-refractivity contribution in [3.63, 3.8) is 0 Å². The Morgan fingerprint density at radius 3 is 2.81 bits per heavy atom. The van der Waals surface area contributed by atoms with Crippen molar-refractivity contribution in [2.45, 2.75) is 44.6 Å². The third-order valence-corrected chi connectivity index (χ3v) is 6.25. The molecule has 2 fully saturated rings. The highest BCUT2D eigenvalue weighted by molar-refractivity contribution is 5.96. The molecule has 1 atom stereocenters. The van der Waals surface area contributed by atoms with Crippen molar-refractivity contribution in [2.75, 3.05) is 13.2 Å². The lowest BCUT2D eigenvalue weighted by atomic mass is 9.96. The highest BCUT2D eigenvalue weighted by Gasteiger charge is 2.32. The maximum absolute atomic E-state index is 13.5. The molecule has 0 spiro atoms. The molecule has 2 aromatic carbocycles. The molecule has 1 amide bonds. The molecule has 1 aliphatic heterocycles. The van der Waals surface area contributed by atoms with E-state index in [0.29, 0.717) is 34.9 Å². The van der Waals surface area contributed by atoms with Crippen molar-refractivity contribution in [2.24, 2.45) is 5.73 Å². The number of rotatable bonds is 6. The highest BCUT2D eigenvalue weighted by Crippen LogP contribution is 2.45. The van der Waals surface area contributed by atoms with E-state index in [9.17, 15) is 9.59 Å². The molecule has 160 valence electrons. The average molecular weight is 418 g/mol. The van der Waals surface area contributed by atoms with Crippen molar-refractivity contribution in [1.82, 2.24) is 14.9 Å². The summed E-state index contributed by atoms with van der Waals surface area (Å²) in [5, 5.41) is 3.90. The Hall–Kier alpha value is -3.19. The number of hydrogen-bond donors (Lipinski definition) is 2. The molecule has 1 aliphatic carbocycles. The van der Waals surface area contributed by atoms with Crippen LogP contribution in [0.5, 0.6) is 5.75 Å². The van der Waals surface area contributed by atoms with Crippen LogP contribution in [0, 0.1) is 6.92 Å². The summed E-state index contributed by atoms with van der Waals surface area (Å²) < 4.78 is 7.50. The van der Waals surface area contributed by atoms with Crippen LogP contribution in [0.3, 0.4) is 0 Å². The molecule has 7 nitrogen and oxygen atoms in total. The quantitative estimate of drug-likeness (QED) is 0.641. The van der Waals surface area contributed by atoms with Gasteiger partial charge < -0.3 is 15.8 Å². The number of benzene rings is 2. The fraction of sp³-hybridized carbons (Fsp3) is 0.375. The number of carbonyl (C=O) groups excluding carboxylic acids is 1. The van der Waals surface area contributed by atoms with E-state index in [4.69, 9.17) is 10.5 Å². The number of hydrogen-bond acceptors (Lipinski definition) is 5. The predicted molar refractivity (Wildman–Crippen MR) is 119 cm³/mol. The summed E-state index contributed by atoms with van der Waals surface area (Å²) in [6.45, 7) is 3.54. The fourth-order valence-corrected chi connectivity index (χ4v) is 4.48. The van der Waals surface area contributed by atoms with Crippen LogP contribution >= 0.6 is 0 Å². The van der Waals surface area contributed by atoms with Gasteiger partial charge in [0.1, 0.15) is 18.7 Å². The molecule has 1 aromatic heterocycles. The molecule has 1 saturated carbocycles. The zero-order valence-corrected chi connectivity index (χ0v) is 17.6. The molecular weight excluding hydrogens is 392 g/mol. The molecule has 0 unspecified atom stereocenters. The van der Waals surface area contributed by atoms with Gasteiger partial charge >= 0.3 is 0 Å². The second-order valence-electron chi connectivity index (χ2n) is 8.53. The number of nitrogens with two attached hydrogens (primary N) is 1. The first-order chi connectivity index (χ1) is 15.0. The molecule has 5 rings (SSSR count). The average Bonchev–Trinajstić information content (AvgIpc) is 3.47. The number of carbonyl (C=O) groups is 1. The van der Waals surface area contributed by atoms with E-state index in [1.807, 2.05) is 25.1 Å². The van der Waals surface area contributed by atoms with E-state index in [-0.39, 0.29) is 11.5 Å². The van der Waals surface area contributed by atoms with E-state index >= 15 is 0 Å². The first-order valence-corrected chi connectivity index (χ1v) is 10.8. The number of primary amides is 1. The van der Waals surface area contributed by atoms with Gasteiger partial charge in [-0.05, 0) is 80.5 Å². The summed E-state index contributed by atoms with van der Waals surface area (Å²) >= 11 is 0. The van der Waals surface area contributed by atoms with Crippen molar-refractivity contribution in [1.29, 1.82) is 0 Å². The smallest absolute Gasteiger partial charge is 0.265 e. The first kappa shape index (κ1) is 19.8. The van der Waals surface area contributed by atoms with Gasteiger partial charge in [0.05, 0.1) is 16.6 Å². The third-order valence-electron chi connectivity index (χ3n) is 6.25. The van der Waals surface area contributed by atoms with Crippen LogP contribution in [0.15, 0.2) is 41.5 Å². The zero-order valence-electron chi connectivity index (χ0n) is 17.6. The van der Waals surface area contributed by atoms with Crippen molar-refractivity contribution in [3.8, 4) is 11.4 Å². The molecule has 2 heterocycles. The summed E-state index contributed by atoms with van der Waals surface area (Å²) in [4.78, 5) is 30.1. The number of nitrogens with one attached hydrogen (secondary N) is 1.